The highest BCUT2D eigenvalue weighted by atomic mass is 35.5. The average Bonchev–Trinajstić information content (AvgIpc) is 3.26. The van der Waals surface area contributed by atoms with E-state index in [1.165, 1.54) is 0 Å². The van der Waals surface area contributed by atoms with E-state index in [0.717, 1.165) is 31.9 Å². The fourth-order valence-electron chi connectivity index (χ4n) is 3.51. The van der Waals surface area contributed by atoms with Crippen LogP contribution in [0, 0.1) is 0 Å². The summed E-state index contributed by atoms with van der Waals surface area (Å²) in [6.07, 6.45) is 0. The van der Waals surface area contributed by atoms with Gasteiger partial charge in [0.2, 0.25) is 0 Å². The minimum absolute atomic E-state index is 0.0913. The van der Waals surface area contributed by atoms with Gasteiger partial charge in [-0.1, -0.05) is 34.8 Å². The summed E-state index contributed by atoms with van der Waals surface area (Å²) in [5.41, 5.74) is 2.25. The highest BCUT2D eigenvalue weighted by molar-refractivity contribution is 7.80. The molecule has 0 radical (unpaired) electrons. The van der Waals surface area contributed by atoms with E-state index < -0.39 is 5.91 Å². The third-order valence-corrected chi connectivity index (χ3v) is 6.37. The summed E-state index contributed by atoms with van der Waals surface area (Å²) < 4.78 is 5.66. The number of nitrogens with zero attached hydrogens (tertiary/aromatic N) is 2. The molecule has 2 aromatic carbocycles. The molecule has 0 aliphatic carbocycles. The summed E-state index contributed by atoms with van der Waals surface area (Å²) in [5, 5.41) is 7.32. The van der Waals surface area contributed by atoms with Crippen LogP contribution in [0.1, 0.15) is 10.6 Å². The Kier molecular flexibility index (Phi) is 7.46. The zero-order valence-electron chi connectivity index (χ0n) is 17.7. The van der Waals surface area contributed by atoms with Crippen molar-refractivity contribution >= 4 is 69.4 Å². The minimum Gasteiger partial charge on any atom is -0.451 e. The van der Waals surface area contributed by atoms with E-state index in [0.29, 0.717) is 32.1 Å². The molecule has 0 unspecified atom stereocenters. The normalized spacial score (nSPS) is 14.2. The van der Waals surface area contributed by atoms with E-state index in [9.17, 15) is 4.79 Å². The molecule has 10 heteroatoms. The lowest BCUT2D eigenvalue weighted by Crippen LogP contribution is -2.44. The van der Waals surface area contributed by atoms with Gasteiger partial charge in [-0.25, -0.2) is 0 Å². The summed E-state index contributed by atoms with van der Waals surface area (Å²) in [4.78, 5) is 17.1. The van der Waals surface area contributed by atoms with Crippen LogP contribution in [0.3, 0.4) is 0 Å². The monoisotopic (exact) mass is 522 g/mol. The van der Waals surface area contributed by atoms with E-state index in [2.05, 4.69) is 27.5 Å². The molecule has 0 saturated carbocycles. The Hall–Kier alpha value is -2.29. The number of likely N-dealkylation sites (N-methyl/N-ethyl adjacent to an activating group) is 1. The molecule has 0 spiro atoms. The molecule has 4 rings (SSSR count). The van der Waals surface area contributed by atoms with Gasteiger partial charge >= 0.3 is 0 Å². The molecule has 3 aromatic rings. The number of rotatable bonds is 4. The predicted molar refractivity (Wildman–Crippen MR) is 139 cm³/mol. The maximum absolute atomic E-state index is 12.6. The lowest BCUT2D eigenvalue weighted by Gasteiger charge is -2.34. The van der Waals surface area contributed by atoms with Crippen molar-refractivity contribution in [2.24, 2.45) is 0 Å². The van der Waals surface area contributed by atoms with E-state index in [4.69, 9.17) is 51.4 Å². The first-order chi connectivity index (χ1) is 15.8. The van der Waals surface area contributed by atoms with Gasteiger partial charge in [0.25, 0.3) is 5.91 Å². The van der Waals surface area contributed by atoms with Gasteiger partial charge in [-0.3, -0.25) is 10.1 Å². The largest absolute Gasteiger partial charge is 0.451 e. The van der Waals surface area contributed by atoms with Gasteiger partial charge in [0.05, 0.1) is 15.7 Å². The van der Waals surface area contributed by atoms with E-state index >= 15 is 0 Å². The summed E-state index contributed by atoms with van der Waals surface area (Å²) >= 11 is 24.0. The van der Waals surface area contributed by atoms with Crippen molar-refractivity contribution in [1.29, 1.82) is 0 Å². The number of anilines is 2. The zero-order valence-corrected chi connectivity index (χ0v) is 20.8. The number of nitrogens with one attached hydrogen (secondary N) is 2. The van der Waals surface area contributed by atoms with Gasteiger partial charge in [0.15, 0.2) is 10.9 Å². The lowest BCUT2D eigenvalue weighted by molar-refractivity contribution is 0.0951. The number of amides is 1. The topological polar surface area (TPSA) is 60.8 Å². The number of carbonyl (C=O) groups excluding carboxylic acids is 1. The Labute approximate surface area is 212 Å². The van der Waals surface area contributed by atoms with Crippen LogP contribution in [-0.2, 0) is 0 Å². The minimum atomic E-state index is -0.489. The molecule has 1 fully saturated rings. The number of hydrogen-bond acceptors (Lipinski definition) is 5. The van der Waals surface area contributed by atoms with E-state index in [1.54, 1.807) is 36.4 Å². The van der Waals surface area contributed by atoms with Crippen molar-refractivity contribution < 1.29 is 9.21 Å². The molecule has 6 nitrogen and oxygen atoms in total. The molecule has 1 saturated heterocycles. The maximum Gasteiger partial charge on any atom is 0.293 e. The summed E-state index contributed by atoms with van der Waals surface area (Å²) in [7, 11) is 2.11. The molecule has 172 valence electrons. The molecule has 2 heterocycles. The van der Waals surface area contributed by atoms with Gasteiger partial charge in [-0.15, -0.1) is 0 Å². The molecule has 1 amide bonds. The van der Waals surface area contributed by atoms with Gasteiger partial charge in [0.1, 0.15) is 5.76 Å². The van der Waals surface area contributed by atoms with Crippen LogP contribution in [0.5, 0.6) is 0 Å². The first kappa shape index (κ1) is 23.9. The molecule has 2 N–H and O–H groups in total. The van der Waals surface area contributed by atoms with E-state index in [-0.39, 0.29) is 10.9 Å². The number of piperazine rings is 1. The number of halogens is 3. The SMILES string of the molecule is CN1CCN(c2ccc(NC(=S)NC(=O)c3ccc(-c4cc(Cl)ccc4Cl)o3)cc2Cl)CC1. The van der Waals surface area contributed by atoms with Crippen molar-refractivity contribution in [1.82, 2.24) is 10.2 Å². The highest BCUT2D eigenvalue weighted by Gasteiger charge is 2.18. The van der Waals surface area contributed by atoms with Gasteiger partial charge < -0.3 is 19.5 Å². The average molecular weight is 524 g/mol. The summed E-state index contributed by atoms with van der Waals surface area (Å²) in [5.74, 6) is 0.0310. The van der Waals surface area contributed by atoms with Crippen LogP contribution in [0.2, 0.25) is 15.1 Å². The number of furan rings is 1. The molecular weight excluding hydrogens is 503 g/mol. The van der Waals surface area contributed by atoms with Crippen LogP contribution in [-0.4, -0.2) is 49.1 Å². The van der Waals surface area contributed by atoms with Gasteiger partial charge in [-0.2, -0.15) is 0 Å². The van der Waals surface area contributed by atoms with Crippen LogP contribution in [0.4, 0.5) is 11.4 Å². The third kappa shape index (κ3) is 5.80. The van der Waals surface area contributed by atoms with Crippen molar-refractivity contribution in [3.05, 3.63) is 69.4 Å². The van der Waals surface area contributed by atoms with Gasteiger partial charge in [0, 0.05) is 42.5 Å². The van der Waals surface area contributed by atoms with E-state index in [1.807, 2.05) is 12.1 Å². The van der Waals surface area contributed by atoms with Gasteiger partial charge in [-0.05, 0) is 67.8 Å². The molecule has 0 atom stereocenters. The summed E-state index contributed by atoms with van der Waals surface area (Å²) in [6, 6.07) is 13.8. The maximum atomic E-state index is 12.6. The van der Waals surface area contributed by atoms with Crippen LogP contribution in [0.25, 0.3) is 11.3 Å². The second-order valence-corrected chi connectivity index (χ2v) is 9.31. The Balaban J connectivity index is 1.38. The Morgan fingerprint density at radius 2 is 1.73 bits per heavy atom. The molecular formula is C23H21Cl3N4O2S. The number of benzene rings is 2. The Bertz CT molecular complexity index is 1190. The zero-order chi connectivity index (χ0) is 23.5. The number of thiocarbonyl (C=S) groups is 1. The smallest absolute Gasteiger partial charge is 0.293 e. The second-order valence-electron chi connectivity index (χ2n) is 7.65. The molecule has 1 aliphatic rings. The predicted octanol–water partition coefficient (Wildman–Crippen LogP) is 5.79. The molecule has 0 bridgehead atoms. The third-order valence-electron chi connectivity index (χ3n) is 5.30. The number of hydrogen-bond donors (Lipinski definition) is 2. The Morgan fingerprint density at radius 3 is 2.45 bits per heavy atom. The highest BCUT2D eigenvalue weighted by Crippen LogP contribution is 2.32. The fourth-order valence-corrected chi connectivity index (χ4v) is 4.40. The fraction of sp³-hybridized carbons (Fsp3) is 0.217. The summed E-state index contributed by atoms with van der Waals surface area (Å²) in [6.45, 7) is 3.82. The van der Waals surface area contributed by atoms with Crippen molar-refractivity contribution in [2.45, 2.75) is 0 Å². The molecule has 1 aliphatic heterocycles. The van der Waals surface area contributed by atoms with Crippen molar-refractivity contribution in [3.63, 3.8) is 0 Å². The second kappa shape index (κ2) is 10.3. The van der Waals surface area contributed by atoms with Crippen LogP contribution >= 0.6 is 47.0 Å². The lowest BCUT2D eigenvalue weighted by atomic mass is 10.2. The van der Waals surface area contributed by atoms with Crippen molar-refractivity contribution in [3.8, 4) is 11.3 Å². The Morgan fingerprint density at radius 1 is 0.970 bits per heavy atom. The quantitative estimate of drug-likeness (QED) is 0.422. The first-order valence-electron chi connectivity index (χ1n) is 10.2. The molecule has 33 heavy (non-hydrogen) atoms. The van der Waals surface area contributed by atoms with Crippen molar-refractivity contribution in [2.75, 3.05) is 43.4 Å². The first-order valence-corrected chi connectivity index (χ1v) is 11.7. The number of carbonyl (C=O) groups is 1. The van der Waals surface area contributed by atoms with Crippen LogP contribution in [0.15, 0.2) is 52.9 Å². The van der Waals surface area contributed by atoms with Crippen LogP contribution < -0.4 is 15.5 Å². The standard InChI is InChI=1S/C23H21Cl3N4O2S/c1-29-8-10-30(11-9-29)19-5-3-15(13-18(19)26)27-23(33)28-22(31)21-7-6-20(32-21)16-12-14(24)2-4-17(16)25/h2-7,12-13H,8-11H2,1H3,(H2,27,28,31,33). The molecule has 1 aromatic heterocycles.